The van der Waals surface area contributed by atoms with Crippen LogP contribution in [0.5, 0.6) is 11.5 Å². The number of nitrogens with one attached hydrogen (secondary N) is 1. The first-order chi connectivity index (χ1) is 12.7. The number of nitrogens with zero attached hydrogens (tertiary/aromatic N) is 2. The molecule has 0 atom stereocenters. The van der Waals surface area contributed by atoms with E-state index in [1.165, 1.54) is 0 Å². The summed E-state index contributed by atoms with van der Waals surface area (Å²) in [6.07, 6.45) is 3.78. The molecule has 0 saturated heterocycles. The topological polar surface area (TPSA) is 63.7 Å². The fourth-order valence-electron chi connectivity index (χ4n) is 2.92. The van der Waals surface area contributed by atoms with Crippen molar-refractivity contribution >= 4 is 11.7 Å². The second-order valence-corrected chi connectivity index (χ2v) is 6.26. The molecule has 1 N–H and O–H groups in total. The second-order valence-electron chi connectivity index (χ2n) is 6.26. The lowest BCUT2D eigenvalue weighted by molar-refractivity contribution is 0.0950. The van der Waals surface area contributed by atoms with E-state index >= 15 is 0 Å². The van der Waals surface area contributed by atoms with E-state index in [1.807, 2.05) is 30.3 Å². The van der Waals surface area contributed by atoms with Crippen LogP contribution >= 0.6 is 0 Å². The number of benzene rings is 1. The Morgan fingerprint density at radius 2 is 1.88 bits per heavy atom. The first-order valence-corrected chi connectivity index (χ1v) is 9.09. The normalized spacial score (nSPS) is 12.1. The summed E-state index contributed by atoms with van der Waals surface area (Å²) in [7, 11) is 0. The van der Waals surface area contributed by atoms with Crippen LogP contribution in [0.3, 0.4) is 0 Å². The van der Waals surface area contributed by atoms with Crippen LogP contribution in [0.1, 0.15) is 42.6 Å². The molecule has 0 saturated carbocycles. The van der Waals surface area contributed by atoms with Crippen molar-refractivity contribution in [3.8, 4) is 11.5 Å². The van der Waals surface area contributed by atoms with E-state index in [2.05, 4.69) is 29.0 Å². The lowest BCUT2D eigenvalue weighted by Gasteiger charge is -2.22. The highest BCUT2D eigenvalue weighted by atomic mass is 16.7. The molecule has 6 nitrogen and oxygen atoms in total. The predicted molar refractivity (Wildman–Crippen MR) is 101 cm³/mol. The van der Waals surface area contributed by atoms with E-state index in [0.717, 1.165) is 48.8 Å². The number of fused-ring (bicyclic) bond motifs is 1. The highest BCUT2D eigenvalue weighted by molar-refractivity contribution is 5.94. The van der Waals surface area contributed by atoms with Crippen molar-refractivity contribution in [3.05, 3.63) is 47.7 Å². The number of anilines is 1. The first-order valence-electron chi connectivity index (χ1n) is 9.09. The van der Waals surface area contributed by atoms with Crippen molar-refractivity contribution in [3.63, 3.8) is 0 Å². The zero-order chi connectivity index (χ0) is 18.4. The summed E-state index contributed by atoms with van der Waals surface area (Å²) in [6, 6.07) is 9.41. The SMILES string of the molecule is CCCN(CCC)c1ccc(C(=O)NCc2ccc3c(c2)OCO3)cn1. The summed E-state index contributed by atoms with van der Waals surface area (Å²) in [5, 5.41) is 2.92. The average molecular weight is 355 g/mol. The predicted octanol–water partition coefficient (Wildman–Crippen LogP) is 3.37. The number of amides is 1. The summed E-state index contributed by atoms with van der Waals surface area (Å²) < 4.78 is 10.6. The maximum Gasteiger partial charge on any atom is 0.253 e. The number of carbonyl (C=O) groups is 1. The molecule has 0 bridgehead atoms. The van der Waals surface area contributed by atoms with Gasteiger partial charge in [0.25, 0.3) is 5.91 Å². The minimum atomic E-state index is -0.140. The molecule has 6 heteroatoms. The van der Waals surface area contributed by atoms with E-state index in [-0.39, 0.29) is 12.7 Å². The monoisotopic (exact) mass is 355 g/mol. The van der Waals surface area contributed by atoms with Crippen LogP contribution < -0.4 is 19.7 Å². The number of carbonyl (C=O) groups excluding carboxylic acids is 1. The Balaban J connectivity index is 1.59. The maximum atomic E-state index is 12.4. The third-order valence-electron chi connectivity index (χ3n) is 4.21. The highest BCUT2D eigenvalue weighted by Crippen LogP contribution is 2.32. The molecule has 2 aromatic rings. The summed E-state index contributed by atoms with van der Waals surface area (Å²) in [4.78, 5) is 19.1. The Morgan fingerprint density at radius 3 is 2.58 bits per heavy atom. The molecule has 1 aliphatic heterocycles. The van der Waals surface area contributed by atoms with Gasteiger partial charge in [0.2, 0.25) is 6.79 Å². The molecule has 2 heterocycles. The molecule has 1 aromatic heterocycles. The van der Waals surface area contributed by atoms with Crippen LogP contribution in [-0.2, 0) is 6.54 Å². The molecule has 0 unspecified atom stereocenters. The molecule has 0 aliphatic carbocycles. The molecule has 0 spiro atoms. The van der Waals surface area contributed by atoms with E-state index in [1.54, 1.807) is 6.20 Å². The Bertz CT molecular complexity index is 740. The van der Waals surface area contributed by atoms with Gasteiger partial charge in [0, 0.05) is 25.8 Å². The molecule has 3 rings (SSSR count). The van der Waals surface area contributed by atoms with E-state index < -0.39 is 0 Å². The van der Waals surface area contributed by atoms with Gasteiger partial charge in [-0.15, -0.1) is 0 Å². The Labute approximate surface area is 154 Å². The third-order valence-corrected chi connectivity index (χ3v) is 4.21. The Kier molecular flexibility index (Phi) is 5.94. The lowest BCUT2D eigenvalue weighted by atomic mass is 10.2. The number of ether oxygens (including phenoxy) is 2. The molecule has 138 valence electrons. The first kappa shape index (κ1) is 18.0. The largest absolute Gasteiger partial charge is 0.454 e. The van der Waals surface area contributed by atoms with Crippen LogP contribution in [0.4, 0.5) is 5.82 Å². The summed E-state index contributed by atoms with van der Waals surface area (Å²) in [5.74, 6) is 2.23. The van der Waals surface area contributed by atoms with Crippen molar-refractivity contribution in [2.45, 2.75) is 33.2 Å². The number of hydrogen-bond acceptors (Lipinski definition) is 5. The number of pyridine rings is 1. The molecule has 1 amide bonds. The second kappa shape index (κ2) is 8.56. The van der Waals surface area contributed by atoms with Gasteiger partial charge in [-0.1, -0.05) is 19.9 Å². The molecule has 1 aromatic carbocycles. The van der Waals surface area contributed by atoms with Crippen LogP contribution in [0, 0.1) is 0 Å². The van der Waals surface area contributed by atoms with Crippen LogP contribution in [0.2, 0.25) is 0 Å². The molecule has 0 radical (unpaired) electrons. The van der Waals surface area contributed by atoms with Crippen LogP contribution in [0.25, 0.3) is 0 Å². The zero-order valence-electron chi connectivity index (χ0n) is 15.3. The third kappa shape index (κ3) is 4.25. The number of rotatable bonds is 8. The van der Waals surface area contributed by atoms with Crippen molar-refractivity contribution in [2.75, 3.05) is 24.8 Å². The van der Waals surface area contributed by atoms with Crippen molar-refractivity contribution < 1.29 is 14.3 Å². The molecule has 26 heavy (non-hydrogen) atoms. The fraction of sp³-hybridized carbons (Fsp3) is 0.400. The quantitative estimate of drug-likeness (QED) is 0.787. The molecule has 0 fully saturated rings. The molecule has 1 aliphatic rings. The van der Waals surface area contributed by atoms with Gasteiger partial charge >= 0.3 is 0 Å². The van der Waals surface area contributed by atoms with E-state index in [4.69, 9.17) is 9.47 Å². The van der Waals surface area contributed by atoms with Gasteiger partial charge in [-0.2, -0.15) is 0 Å². The van der Waals surface area contributed by atoms with Gasteiger partial charge in [0.1, 0.15) is 5.82 Å². The van der Waals surface area contributed by atoms with Gasteiger partial charge in [0.15, 0.2) is 11.5 Å². The molecular weight excluding hydrogens is 330 g/mol. The smallest absolute Gasteiger partial charge is 0.253 e. The van der Waals surface area contributed by atoms with Crippen LogP contribution in [-0.4, -0.2) is 30.8 Å². The van der Waals surface area contributed by atoms with Crippen LogP contribution in [0.15, 0.2) is 36.5 Å². The maximum absolute atomic E-state index is 12.4. The van der Waals surface area contributed by atoms with Crippen molar-refractivity contribution in [1.82, 2.24) is 10.3 Å². The zero-order valence-corrected chi connectivity index (χ0v) is 15.3. The van der Waals surface area contributed by atoms with Crippen molar-refractivity contribution in [2.24, 2.45) is 0 Å². The standard InChI is InChI=1S/C20H25N3O3/c1-3-9-23(10-4-2)19-8-6-16(13-21-19)20(24)22-12-15-5-7-17-18(11-15)26-14-25-17/h5-8,11,13H,3-4,9-10,12,14H2,1-2H3,(H,22,24). The fourth-order valence-corrected chi connectivity index (χ4v) is 2.92. The van der Waals surface area contributed by atoms with Gasteiger partial charge in [-0.05, 0) is 42.7 Å². The van der Waals surface area contributed by atoms with Gasteiger partial charge in [-0.3, -0.25) is 4.79 Å². The van der Waals surface area contributed by atoms with E-state index in [9.17, 15) is 4.79 Å². The average Bonchev–Trinajstić information content (AvgIpc) is 3.14. The number of aromatic nitrogens is 1. The summed E-state index contributed by atoms with van der Waals surface area (Å²) in [6.45, 7) is 6.92. The lowest BCUT2D eigenvalue weighted by Crippen LogP contribution is -2.26. The van der Waals surface area contributed by atoms with Gasteiger partial charge < -0.3 is 19.7 Å². The Morgan fingerprint density at radius 1 is 1.12 bits per heavy atom. The minimum absolute atomic E-state index is 0.140. The highest BCUT2D eigenvalue weighted by Gasteiger charge is 2.14. The minimum Gasteiger partial charge on any atom is -0.454 e. The summed E-state index contributed by atoms with van der Waals surface area (Å²) >= 11 is 0. The Hall–Kier alpha value is -2.76. The van der Waals surface area contributed by atoms with E-state index in [0.29, 0.717) is 12.1 Å². The van der Waals surface area contributed by atoms with Gasteiger partial charge in [-0.25, -0.2) is 4.98 Å². The number of hydrogen-bond donors (Lipinski definition) is 1. The van der Waals surface area contributed by atoms with Gasteiger partial charge in [0.05, 0.1) is 5.56 Å². The molecular formula is C20H25N3O3. The van der Waals surface area contributed by atoms with Crippen molar-refractivity contribution in [1.29, 1.82) is 0 Å². The summed E-state index contributed by atoms with van der Waals surface area (Å²) in [5.41, 5.74) is 1.52.